The first kappa shape index (κ1) is 9.47. The van der Waals surface area contributed by atoms with Crippen LogP contribution in [0.3, 0.4) is 0 Å². The second kappa shape index (κ2) is 4.43. The molecule has 3 unspecified atom stereocenters. The molecule has 1 aliphatic heterocycles. The van der Waals surface area contributed by atoms with Crippen molar-refractivity contribution in [2.24, 2.45) is 11.8 Å². The van der Waals surface area contributed by atoms with Gasteiger partial charge in [-0.3, -0.25) is 0 Å². The van der Waals surface area contributed by atoms with Crippen LogP contribution >= 0.6 is 0 Å². The number of hydrogen-bond donors (Lipinski definition) is 0. The molecule has 0 spiro atoms. The summed E-state index contributed by atoms with van der Waals surface area (Å²) in [4.78, 5) is 0. The van der Waals surface area contributed by atoms with Crippen molar-refractivity contribution in [1.82, 2.24) is 0 Å². The van der Waals surface area contributed by atoms with Gasteiger partial charge in [-0.1, -0.05) is 12.8 Å². The third-order valence-electron chi connectivity index (χ3n) is 3.41. The summed E-state index contributed by atoms with van der Waals surface area (Å²) in [6.45, 7) is 3.76. The molecule has 0 aromatic rings. The predicted octanol–water partition coefficient (Wildman–Crippen LogP) is 2.58. The third kappa shape index (κ3) is 2.23. The monoisotopic (exact) mass is 184 g/mol. The second-order valence-corrected chi connectivity index (χ2v) is 4.26. The zero-order chi connectivity index (χ0) is 9.10. The van der Waals surface area contributed by atoms with Crippen LogP contribution in [0.5, 0.6) is 0 Å². The SMILES string of the molecule is CCOC1CC2CCCCC2CO1. The highest BCUT2D eigenvalue weighted by Gasteiger charge is 2.32. The lowest BCUT2D eigenvalue weighted by atomic mass is 9.76. The molecule has 2 rings (SSSR count). The van der Waals surface area contributed by atoms with Crippen molar-refractivity contribution in [2.45, 2.75) is 45.3 Å². The van der Waals surface area contributed by atoms with Crippen molar-refractivity contribution in [3.05, 3.63) is 0 Å². The molecule has 1 saturated carbocycles. The highest BCUT2D eigenvalue weighted by atomic mass is 16.7. The molecule has 1 aliphatic carbocycles. The maximum atomic E-state index is 5.67. The first-order valence-corrected chi connectivity index (χ1v) is 5.63. The first-order valence-electron chi connectivity index (χ1n) is 5.63. The lowest BCUT2D eigenvalue weighted by Crippen LogP contribution is -2.36. The molecule has 0 radical (unpaired) electrons. The van der Waals surface area contributed by atoms with Crippen LogP contribution in [0.4, 0.5) is 0 Å². The maximum Gasteiger partial charge on any atom is 0.157 e. The smallest absolute Gasteiger partial charge is 0.157 e. The van der Waals surface area contributed by atoms with Gasteiger partial charge < -0.3 is 9.47 Å². The summed E-state index contributed by atoms with van der Waals surface area (Å²) in [5, 5.41) is 0. The van der Waals surface area contributed by atoms with Gasteiger partial charge in [0.05, 0.1) is 6.61 Å². The van der Waals surface area contributed by atoms with Crippen LogP contribution in [0.1, 0.15) is 39.0 Å². The highest BCUT2D eigenvalue weighted by Crippen LogP contribution is 2.37. The maximum absolute atomic E-state index is 5.67. The van der Waals surface area contributed by atoms with E-state index in [1.54, 1.807) is 0 Å². The van der Waals surface area contributed by atoms with Crippen molar-refractivity contribution in [2.75, 3.05) is 13.2 Å². The van der Waals surface area contributed by atoms with E-state index in [-0.39, 0.29) is 6.29 Å². The minimum Gasteiger partial charge on any atom is -0.353 e. The summed E-state index contributed by atoms with van der Waals surface area (Å²) in [7, 11) is 0. The van der Waals surface area contributed by atoms with Crippen molar-refractivity contribution >= 4 is 0 Å². The fraction of sp³-hybridized carbons (Fsp3) is 1.00. The molecule has 2 aliphatic rings. The minimum absolute atomic E-state index is 0.101. The largest absolute Gasteiger partial charge is 0.353 e. The Labute approximate surface area is 80.6 Å². The standard InChI is InChI=1S/C11H20O2/c1-2-12-11-7-9-5-3-4-6-10(9)8-13-11/h9-11H,2-8H2,1H3. The molecule has 2 nitrogen and oxygen atoms in total. The van der Waals surface area contributed by atoms with Crippen molar-refractivity contribution < 1.29 is 9.47 Å². The number of fused-ring (bicyclic) bond motifs is 1. The third-order valence-corrected chi connectivity index (χ3v) is 3.41. The number of ether oxygens (including phenoxy) is 2. The van der Waals surface area contributed by atoms with Gasteiger partial charge in [0.15, 0.2) is 6.29 Å². The normalized spacial score (nSPS) is 39.9. The summed E-state index contributed by atoms with van der Waals surface area (Å²) < 4.78 is 11.2. The Morgan fingerprint density at radius 2 is 2.00 bits per heavy atom. The van der Waals surface area contributed by atoms with Gasteiger partial charge >= 0.3 is 0 Å². The Morgan fingerprint density at radius 3 is 2.77 bits per heavy atom. The summed E-state index contributed by atoms with van der Waals surface area (Å²) >= 11 is 0. The second-order valence-electron chi connectivity index (χ2n) is 4.26. The van der Waals surface area contributed by atoms with Gasteiger partial charge in [0.25, 0.3) is 0 Å². The van der Waals surface area contributed by atoms with Crippen LogP contribution in [0, 0.1) is 11.8 Å². The molecule has 13 heavy (non-hydrogen) atoms. The Balaban J connectivity index is 1.84. The van der Waals surface area contributed by atoms with E-state index in [2.05, 4.69) is 0 Å². The topological polar surface area (TPSA) is 18.5 Å². The molecule has 0 aromatic carbocycles. The predicted molar refractivity (Wildman–Crippen MR) is 51.4 cm³/mol. The highest BCUT2D eigenvalue weighted by molar-refractivity contribution is 4.79. The fourth-order valence-corrected chi connectivity index (χ4v) is 2.66. The molecule has 0 aromatic heterocycles. The van der Waals surface area contributed by atoms with E-state index in [1.807, 2.05) is 6.92 Å². The van der Waals surface area contributed by atoms with Gasteiger partial charge in [-0.25, -0.2) is 0 Å². The van der Waals surface area contributed by atoms with Crippen LogP contribution in [-0.4, -0.2) is 19.5 Å². The van der Waals surface area contributed by atoms with Crippen LogP contribution in [0.15, 0.2) is 0 Å². The van der Waals surface area contributed by atoms with Crippen LogP contribution in [0.25, 0.3) is 0 Å². The summed E-state index contributed by atoms with van der Waals surface area (Å²) in [5.41, 5.74) is 0. The van der Waals surface area contributed by atoms with Crippen LogP contribution < -0.4 is 0 Å². The van der Waals surface area contributed by atoms with Gasteiger partial charge in [0.2, 0.25) is 0 Å². The van der Waals surface area contributed by atoms with Gasteiger partial charge in [0.1, 0.15) is 0 Å². The molecule has 0 bridgehead atoms. The minimum atomic E-state index is 0.101. The Bertz CT molecular complexity index is 158. The Hall–Kier alpha value is -0.0800. The Kier molecular flexibility index (Phi) is 3.23. The molecule has 0 amide bonds. The van der Waals surface area contributed by atoms with E-state index >= 15 is 0 Å². The van der Waals surface area contributed by atoms with Gasteiger partial charge in [-0.05, 0) is 31.6 Å². The summed E-state index contributed by atoms with van der Waals surface area (Å²) in [6.07, 6.45) is 6.84. The van der Waals surface area contributed by atoms with E-state index in [0.29, 0.717) is 0 Å². The van der Waals surface area contributed by atoms with E-state index in [9.17, 15) is 0 Å². The van der Waals surface area contributed by atoms with Gasteiger partial charge in [0, 0.05) is 13.0 Å². The molecule has 76 valence electrons. The van der Waals surface area contributed by atoms with Crippen LogP contribution in [-0.2, 0) is 9.47 Å². The zero-order valence-corrected chi connectivity index (χ0v) is 8.50. The van der Waals surface area contributed by atoms with Crippen molar-refractivity contribution in [1.29, 1.82) is 0 Å². The molecule has 3 atom stereocenters. The lowest BCUT2D eigenvalue weighted by Gasteiger charge is -2.38. The molecule has 1 heterocycles. The van der Waals surface area contributed by atoms with E-state index in [4.69, 9.17) is 9.47 Å². The Morgan fingerprint density at radius 1 is 1.23 bits per heavy atom. The summed E-state index contributed by atoms with van der Waals surface area (Å²) in [5.74, 6) is 1.73. The summed E-state index contributed by atoms with van der Waals surface area (Å²) in [6, 6.07) is 0. The zero-order valence-electron chi connectivity index (χ0n) is 8.50. The number of hydrogen-bond acceptors (Lipinski definition) is 2. The first-order chi connectivity index (χ1) is 6.40. The molecular formula is C11H20O2. The van der Waals surface area contributed by atoms with Crippen molar-refractivity contribution in [3.8, 4) is 0 Å². The van der Waals surface area contributed by atoms with E-state index < -0.39 is 0 Å². The van der Waals surface area contributed by atoms with Gasteiger partial charge in [-0.15, -0.1) is 0 Å². The number of rotatable bonds is 2. The molecule has 2 heteroatoms. The molecule has 1 saturated heterocycles. The molecule has 2 fully saturated rings. The average Bonchev–Trinajstić information content (AvgIpc) is 2.18. The lowest BCUT2D eigenvalue weighted by molar-refractivity contribution is -0.192. The molecule has 0 N–H and O–H groups in total. The van der Waals surface area contributed by atoms with Crippen molar-refractivity contribution in [3.63, 3.8) is 0 Å². The fourth-order valence-electron chi connectivity index (χ4n) is 2.66. The van der Waals surface area contributed by atoms with E-state index in [0.717, 1.165) is 31.5 Å². The van der Waals surface area contributed by atoms with Gasteiger partial charge in [-0.2, -0.15) is 0 Å². The van der Waals surface area contributed by atoms with E-state index in [1.165, 1.54) is 25.7 Å². The van der Waals surface area contributed by atoms with Crippen LogP contribution in [0.2, 0.25) is 0 Å². The molecular weight excluding hydrogens is 164 g/mol. The quantitative estimate of drug-likeness (QED) is 0.656. The average molecular weight is 184 g/mol.